The molecule has 0 aliphatic heterocycles. The molecule has 2 N–H and O–H groups in total. The van der Waals surface area contributed by atoms with Gasteiger partial charge in [-0.3, -0.25) is 0 Å². The molecule has 0 saturated heterocycles. The van der Waals surface area contributed by atoms with E-state index in [4.69, 9.17) is 15.0 Å². The molecule has 1 heterocycles. The SMILES string of the molecule is CC(C)OCC(N)c1noc(CCC2CCCC2)n1. The number of hydrogen-bond donors (Lipinski definition) is 1. The number of ether oxygens (including phenoxy) is 1. The van der Waals surface area contributed by atoms with Crippen molar-refractivity contribution >= 4 is 0 Å². The predicted molar refractivity (Wildman–Crippen MR) is 72.6 cm³/mol. The van der Waals surface area contributed by atoms with Crippen LogP contribution in [-0.4, -0.2) is 22.9 Å². The molecule has 1 aromatic rings. The van der Waals surface area contributed by atoms with Gasteiger partial charge in [-0.25, -0.2) is 0 Å². The van der Waals surface area contributed by atoms with E-state index in [1.807, 2.05) is 13.8 Å². The second-order valence-electron chi connectivity index (χ2n) is 5.72. The van der Waals surface area contributed by atoms with Crippen LogP contribution in [-0.2, 0) is 11.2 Å². The Labute approximate surface area is 114 Å². The van der Waals surface area contributed by atoms with E-state index in [2.05, 4.69) is 10.1 Å². The molecule has 1 aliphatic rings. The van der Waals surface area contributed by atoms with Gasteiger partial charge >= 0.3 is 0 Å². The largest absolute Gasteiger partial charge is 0.377 e. The Hall–Kier alpha value is -0.940. The molecule has 19 heavy (non-hydrogen) atoms. The van der Waals surface area contributed by atoms with Crippen LogP contribution in [0.5, 0.6) is 0 Å². The summed E-state index contributed by atoms with van der Waals surface area (Å²) >= 11 is 0. The van der Waals surface area contributed by atoms with Crippen LogP contribution in [0.25, 0.3) is 0 Å². The first kappa shape index (κ1) is 14.5. The average Bonchev–Trinajstić information content (AvgIpc) is 3.04. The van der Waals surface area contributed by atoms with Gasteiger partial charge in [0.15, 0.2) is 5.82 Å². The summed E-state index contributed by atoms with van der Waals surface area (Å²) < 4.78 is 10.7. The van der Waals surface area contributed by atoms with Crippen LogP contribution in [0.15, 0.2) is 4.52 Å². The van der Waals surface area contributed by atoms with Crippen LogP contribution < -0.4 is 5.73 Å². The lowest BCUT2D eigenvalue weighted by Crippen LogP contribution is -2.20. The summed E-state index contributed by atoms with van der Waals surface area (Å²) in [5, 5.41) is 3.95. The van der Waals surface area contributed by atoms with Gasteiger partial charge in [-0.1, -0.05) is 30.8 Å². The lowest BCUT2D eigenvalue weighted by molar-refractivity contribution is 0.0665. The van der Waals surface area contributed by atoms with Crippen molar-refractivity contribution < 1.29 is 9.26 Å². The van der Waals surface area contributed by atoms with Crippen molar-refractivity contribution in [2.24, 2.45) is 11.7 Å². The molecule has 5 heteroatoms. The molecule has 5 nitrogen and oxygen atoms in total. The first-order valence-electron chi connectivity index (χ1n) is 7.35. The van der Waals surface area contributed by atoms with Gasteiger partial charge in [-0.15, -0.1) is 0 Å². The van der Waals surface area contributed by atoms with E-state index in [1.165, 1.54) is 25.7 Å². The molecule has 0 bridgehead atoms. The molecule has 0 amide bonds. The quantitative estimate of drug-likeness (QED) is 0.822. The van der Waals surface area contributed by atoms with E-state index < -0.39 is 0 Å². The minimum atomic E-state index is -0.300. The van der Waals surface area contributed by atoms with Crippen LogP contribution in [0.3, 0.4) is 0 Å². The molecule has 1 aromatic heterocycles. The number of nitrogens with zero attached hydrogens (tertiary/aromatic N) is 2. The summed E-state index contributed by atoms with van der Waals surface area (Å²) in [6.45, 7) is 4.39. The van der Waals surface area contributed by atoms with Crippen molar-refractivity contribution in [2.45, 2.75) is 64.5 Å². The Bertz CT molecular complexity index is 373. The molecule has 1 fully saturated rings. The molecule has 1 saturated carbocycles. The van der Waals surface area contributed by atoms with E-state index in [0.717, 1.165) is 18.8 Å². The fourth-order valence-corrected chi connectivity index (χ4v) is 2.52. The maximum absolute atomic E-state index is 5.96. The third kappa shape index (κ3) is 4.58. The predicted octanol–water partition coefficient (Wildman–Crippen LogP) is 2.62. The number of nitrogens with two attached hydrogens (primary N) is 1. The number of aromatic nitrogens is 2. The zero-order valence-corrected chi connectivity index (χ0v) is 12.0. The average molecular weight is 267 g/mol. The third-order valence-electron chi connectivity index (χ3n) is 3.67. The van der Waals surface area contributed by atoms with Crippen molar-refractivity contribution in [1.82, 2.24) is 10.1 Å². The van der Waals surface area contributed by atoms with Gasteiger partial charge in [-0.2, -0.15) is 4.98 Å². The van der Waals surface area contributed by atoms with Gasteiger partial charge in [0.1, 0.15) is 0 Å². The summed E-state index contributed by atoms with van der Waals surface area (Å²) in [7, 11) is 0. The molecule has 108 valence electrons. The molecule has 0 aromatic carbocycles. The van der Waals surface area contributed by atoms with Crippen LogP contribution in [0.2, 0.25) is 0 Å². The Kier molecular flexibility index (Phi) is 5.34. The highest BCUT2D eigenvalue weighted by Gasteiger charge is 2.18. The van der Waals surface area contributed by atoms with Crippen molar-refractivity contribution in [3.63, 3.8) is 0 Å². The normalized spacial score (nSPS) is 18.3. The van der Waals surface area contributed by atoms with E-state index in [1.54, 1.807) is 0 Å². The van der Waals surface area contributed by atoms with Gasteiger partial charge in [0.25, 0.3) is 0 Å². The fourth-order valence-electron chi connectivity index (χ4n) is 2.52. The summed E-state index contributed by atoms with van der Waals surface area (Å²) in [5.41, 5.74) is 5.96. The number of rotatable bonds is 7. The maximum atomic E-state index is 5.96. The van der Waals surface area contributed by atoms with Crippen molar-refractivity contribution in [3.05, 3.63) is 11.7 Å². The Balaban J connectivity index is 1.77. The van der Waals surface area contributed by atoms with Crippen LogP contribution >= 0.6 is 0 Å². The second-order valence-corrected chi connectivity index (χ2v) is 5.72. The molecule has 2 rings (SSSR count). The standard InChI is InChI=1S/C14H25N3O2/c1-10(2)18-9-12(15)14-16-13(19-17-14)8-7-11-5-3-4-6-11/h10-12H,3-9,15H2,1-2H3. The van der Waals surface area contributed by atoms with E-state index in [-0.39, 0.29) is 12.1 Å². The van der Waals surface area contributed by atoms with Crippen LogP contribution in [0.4, 0.5) is 0 Å². The summed E-state index contributed by atoms with van der Waals surface area (Å²) in [6.07, 6.45) is 7.63. The topological polar surface area (TPSA) is 74.2 Å². The zero-order chi connectivity index (χ0) is 13.7. The molecule has 0 radical (unpaired) electrons. The first-order valence-corrected chi connectivity index (χ1v) is 7.35. The Morgan fingerprint density at radius 3 is 2.79 bits per heavy atom. The van der Waals surface area contributed by atoms with Gasteiger partial charge < -0.3 is 15.0 Å². The van der Waals surface area contributed by atoms with E-state index >= 15 is 0 Å². The molecule has 1 unspecified atom stereocenters. The fraction of sp³-hybridized carbons (Fsp3) is 0.857. The number of hydrogen-bond acceptors (Lipinski definition) is 5. The van der Waals surface area contributed by atoms with E-state index in [0.29, 0.717) is 18.3 Å². The third-order valence-corrected chi connectivity index (χ3v) is 3.67. The van der Waals surface area contributed by atoms with Crippen LogP contribution in [0, 0.1) is 5.92 Å². The minimum absolute atomic E-state index is 0.166. The minimum Gasteiger partial charge on any atom is -0.377 e. The van der Waals surface area contributed by atoms with Gasteiger partial charge in [0, 0.05) is 6.42 Å². The Morgan fingerprint density at radius 2 is 2.11 bits per heavy atom. The van der Waals surface area contributed by atoms with E-state index in [9.17, 15) is 0 Å². The zero-order valence-electron chi connectivity index (χ0n) is 12.0. The van der Waals surface area contributed by atoms with Crippen LogP contribution in [0.1, 0.15) is 63.7 Å². The second kappa shape index (κ2) is 7.01. The monoisotopic (exact) mass is 267 g/mol. The maximum Gasteiger partial charge on any atom is 0.226 e. The lowest BCUT2D eigenvalue weighted by Gasteiger charge is -2.10. The molecular formula is C14H25N3O2. The summed E-state index contributed by atoms with van der Waals surface area (Å²) in [4.78, 5) is 4.37. The van der Waals surface area contributed by atoms with Gasteiger partial charge in [-0.05, 0) is 26.2 Å². The van der Waals surface area contributed by atoms with Gasteiger partial charge in [0.05, 0.1) is 18.8 Å². The molecule has 0 spiro atoms. The summed E-state index contributed by atoms with van der Waals surface area (Å²) in [5.74, 6) is 2.11. The Morgan fingerprint density at radius 1 is 1.37 bits per heavy atom. The van der Waals surface area contributed by atoms with Gasteiger partial charge in [0.2, 0.25) is 5.89 Å². The van der Waals surface area contributed by atoms with Crippen molar-refractivity contribution in [2.75, 3.05) is 6.61 Å². The van der Waals surface area contributed by atoms with Crippen molar-refractivity contribution in [3.8, 4) is 0 Å². The molecule has 1 atom stereocenters. The molecule has 1 aliphatic carbocycles. The number of aryl methyl sites for hydroxylation is 1. The first-order chi connectivity index (χ1) is 9.15. The lowest BCUT2D eigenvalue weighted by atomic mass is 10.0. The summed E-state index contributed by atoms with van der Waals surface area (Å²) in [6, 6.07) is -0.300. The highest BCUT2D eigenvalue weighted by atomic mass is 16.5. The smallest absolute Gasteiger partial charge is 0.226 e. The molecular weight excluding hydrogens is 242 g/mol. The highest BCUT2D eigenvalue weighted by molar-refractivity contribution is 4.93. The van der Waals surface area contributed by atoms with Crippen molar-refractivity contribution in [1.29, 1.82) is 0 Å². The highest BCUT2D eigenvalue weighted by Crippen LogP contribution is 2.28.